The molecular formula is C58H54N4O. The minimum absolute atomic E-state index is 0.0123. The molecule has 10 rings (SSSR count). The monoisotopic (exact) mass is 822 g/mol. The van der Waals surface area contributed by atoms with Crippen LogP contribution in [0.3, 0.4) is 0 Å². The first-order valence-electron chi connectivity index (χ1n) is 22.0. The Labute approximate surface area is 371 Å². The summed E-state index contributed by atoms with van der Waals surface area (Å²) in [6.45, 7) is 18.6. The van der Waals surface area contributed by atoms with Crippen LogP contribution < -0.4 is 14.5 Å². The molecule has 1 aliphatic rings. The van der Waals surface area contributed by atoms with Crippen molar-refractivity contribution >= 4 is 44.6 Å². The van der Waals surface area contributed by atoms with Gasteiger partial charge in [0, 0.05) is 40.5 Å². The van der Waals surface area contributed by atoms with Gasteiger partial charge >= 0.3 is 0 Å². The Hall–Kier alpha value is -7.11. The van der Waals surface area contributed by atoms with Crippen LogP contribution in [0.15, 0.2) is 170 Å². The molecule has 5 heteroatoms. The second-order valence-electron chi connectivity index (χ2n) is 19.1. The number of fused-ring (bicyclic) bond motifs is 4. The zero-order valence-electron chi connectivity index (χ0n) is 37.6. The van der Waals surface area contributed by atoms with Crippen LogP contribution in [0.4, 0.5) is 22.7 Å². The van der Waals surface area contributed by atoms with Crippen LogP contribution in [-0.2, 0) is 10.8 Å². The molecule has 9 aromatic rings. The minimum Gasteiger partial charge on any atom is -0.457 e. The van der Waals surface area contributed by atoms with Crippen LogP contribution >= 0.6 is 0 Å². The summed E-state index contributed by atoms with van der Waals surface area (Å²) in [6, 6.07) is 59.2. The van der Waals surface area contributed by atoms with E-state index in [0.29, 0.717) is 6.67 Å². The second kappa shape index (κ2) is 15.4. The Balaban J connectivity index is 1.11. The maximum Gasteiger partial charge on any atom is 0.137 e. The molecule has 312 valence electrons. The Morgan fingerprint density at radius 3 is 1.92 bits per heavy atom. The molecule has 2 aromatic heterocycles. The van der Waals surface area contributed by atoms with Gasteiger partial charge in [0.2, 0.25) is 0 Å². The number of hydrogen-bond donors (Lipinski definition) is 0. The maximum atomic E-state index is 7.05. The molecule has 3 heterocycles. The third kappa shape index (κ3) is 7.42. The average molecular weight is 823 g/mol. The van der Waals surface area contributed by atoms with Crippen molar-refractivity contribution in [3.8, 4) is 39.6 Å². The highest BCUT2D eigenvalue weighted by atomic mass is 16.5. The molecule has 1 aliphatic heterocycles. The van der Waals surface area contributed by atoms with Crippen LogP contribution in [0.2, 0.25) is 0 Å². The fourth-order valence-electron chi connectivity index (χ4n) is 9.27. The first kappa shape index (κ1) is 40.0. The number of pyridine rings is 1. The Morgan fingerprint density at radius 2 is 1.14 bits per heavy atom. The van der Waals surface area contributed by atoms with Gasteiger partial charge in [0.05, 0.1) is 22.4 Å². The highest BCUT2D eigenvalue weighted by Gasteiger charge is 2.31. The molecule has 0 spiro atoms. The minimum atomic E-state index is -0.0170. The molecule has 0 bridgehead atoms. The number of anilines is 4. The van der Waals surface area contributed by atoms with Crippen LogP contribution in [0, 0.1) is 13.8 Å². The van der Waals surface area contributed by atoms with E-state index in [2.05, 4.69) is 234 Å². The molecule has 0 saturated carbocycles. The molecule has 0 aliphatic carbocycles. The topological polar surface area (TPSA) is 33.5 Å². The highest BCUT2D eigenvalue weighted by molar-refractivity contribution is 6.09. The Bertz CT molecular complexity index is 3160. The van der Waals surface area contributed by atoms with Crippen molar-refractivity contribution in [2.24, 2.45) is 0 Å². The molecule has 0 saturated heterocycles. The van der Waals surface area contributed by atoms with Crippen molar-refractivity contribution in [2.45, 2.75) is 66.2 Å². The summed E-state index contributed by atoms with van der Waals surface area (Å²) in [5, 5.41) is 2.34. The van der Waals surface area contributed by atoms with E-state index in [-0.39, 0.29) is 10.8 Å². The van der Waals surface area contributed by atoms with E-state index in [1.165, 1.54) is 50.0 Å². The number of aromatic nitrogens is 2. The molecule has 5 nitrogen and oxygen atoms in total. The molecular weight excluding hydrogens is 769 g/mol. The van der Waals surface area contributed by atoms with Crippen LogP contribution in [0.5, 0.6) is 11.5 Å². The SMILES string of the molecule is Cc1cccc(C)c1-c1cc(Oc2ccc3c4ccccc4n(-c4cc(C(C)(C)C)ccn4)c3c2)cc(N2CN(c3cccc(-c4ccccc4)c3)c3cc(C(C)(C)C)ccc32)c1. The van der Waals surface area contributed by atoms with E-state index in [4.69, 9.17) is 9.72 Å². The van der Waals surface area contributed by atoms with Crippen molar-refractivity contribution in [1.29, 1.82) is 0 Å². The maximum absolute atomic E-state index is 7.05. The van der Waals surface area contributed by atoms with Gasteiger partial charge in [0.15, 0.2) is 0 Å². The van der Waals surface area contributed by atoms with Gasteiger partial charge < -0.3 is 14.5 Å². The van der Waals surface area contributed by atoms with Crippen LogP contribution in [-0.4, -0.2) is 16.2 Å². The fraction of sp³-hybridized carbons (Fsp3) is 0.190. The molecule has 0 unspecified atom stereocenters. The van der Waals surface area contributed by atoms with Gasteiger partial charge in [0.1, 0.15) is 24.0 Å². The van der Waals surface area contributed by atoms with Gasteiger partial charge in [0.25, 0.3) is 0 Å². The van der Waals surface area contributed by atoms with E-state index in [1.807, 2.05) is 6.20 Å². The number of nitrogens with zero attached hydrogens (tertiary/aromatic N) is 4. The van der Waals surface area contributed by atoms with Crippen molar-refractivity contribution < 1.29 is 4.74 Å². The Kier molecular flexibility index (Phi) is 9.75. The van der Waals surface area contributed by atoms with Gasteiger partial charge in [-0.25, -0.2) is 4.98 Å². The lowest BCUT2D eigenvalue weighted by Crippen LogP contribution is -2.24. The number of para-hydroxylation sites is 1. The van der Waals surface area contributed by atoms with Crippen LogP contribution in [0.25, 0.3) is 49.9 Å². The number of rotatable bonds is 7. The lowest BCUT2D eigenvalue weighted by molar-refractivity contribution is 0.483. The van der Waals surface area contributed by atoms with Gasteiger partial charge in [-0.1, -0.05) is 126 Å². The highest BCUT2D eigenvalue weighted by Crippen LogP contribution is 2.48. The second-order valence-corrected chi connectivity index (χ2v) is 19.1. The number of ether oxygens (including phenoxy) is 1. The molecule has 63 heavy (non-hydrogen) atoms. The summed E-state index contributed by atoms with van der Waals surface area (Å²) in [5.41, 5.74) is 16.4. The quantitative estimate of drug-likeness (QED) is 0.160. The summed E-state index contributed by atoms with van der Waals surface area (Å²) in [5.74, 6) is 2.43. The van der Waals surface area contributed by atoms with E-state index >= 15 is 0 Å². The van der Waals surface area contributed by atoms with Crippen molar-refractivity contribution in [3.05, 3.63) is 192 Å². The Morgan fingerprint density at radius 1 is 0.476 bits per heavy atom. The average Bonchev–Trinajstić information content (AvgIpc) is 3.82. The first-order valence-corrected chi connectivity index (χ1v) is 22.0. The zero-order valence-corrected chi connectivity index (χ0v) is 37.6. The van der Waals surface area contributed by atoms with E-state index in [9.17, 15) is 0 Å². The van der Waals surface area contributed by atoms with Crippen LogP contribution in [0.1, 0.15) is 63.8 Å². The third-order valence-corrected chi connectivity index (χ3v) is 12.7. The molecule has 0 radical (unpaired) electrons. The summed E-state index contributed by atoms with van der Waals surface area (Å²) >= 11 is 0. The summed E-state index contributed by atoms with van der Waals surface area (Å²) in [6.07, 6.45) is 1.93. The standard InChI is InChI=1S/C58H54N4O/c1-38-16-14-17-39(2)56(38)42-31-46(61-37-60(54-33-43(57(3,4)5)24-27-52(54)61)45-21-15-20-41(30-45)40-18-10-9-11-19-40)35-48(32-42)63-47-25-26-50-49-22-12-13-23-51(49)62(53(50)36-47)55-34-44(28-29-59-55)58(6,7)8/h9-36H,37H2,1-8H3. The van der Waals surface area contributed by atoms with Gasteiger partial charge in [-0.3, -0.25) is 4.57 Å². The summed E-state index contributed by atoms with van der Waals surface area (Å²) in [7, 11) is 0. The predicted molar refractivity (Wildman–Crippen MR) is 265 cm³/mol. The van der Waals surface area contributed by atoms with Gasteiger partial charge in [-0.2, -0.15) is 0 Å². The summed E-state index contributed by atoms with van der Waals surface area (Å²) in [4.78, 5) is 9.82. The molecule has 0 N–H and O–H groups in total. The third-order valence-electron chi connectivity index (χ3n) is 12.7. The lowest BCUT2D eigenvalue weighted by Gasteiger charge is -2.24. The molecule has 0 amide bonds. The van der Waals surface area contributed by atoms with Crippen molar-refractivity contribution in [1.82, 2.24) is 9.55 Å². The van der Waals surface area contributed by atoms with E-state index in [1.54, 1.807) is 0 Å². The number of benzene rings is 7. The first-order chi connectivity index (χ1) is 30.3. The number of hydrogen-bond acceptors (Lipinski definition) is 4. The fourth-order valence-corrected chi connectivity index (χ4v) is 9.27. The predicted octanol–water partition coefficient (Wildman–Crippen LogP) is 15.8. The smallest absolute Gasteiger partial charge is 0.137 e. The van der Waals surface area contributed by atoms with Crippen molar-refractivity contribution in [3.63, 3.8) is 0 Å². The summed E-state index contributed by atoms with van der Waals surface area (Å²) < 4.78 is 9.32. The molecule has 0 atom stereocenters. The molecule has 7 aromatic carbocycles. The van der Waals surface area contributed by atoms with E-state index < -0.39 is 0 Å². The largest absolute Gasteiger partial charge is 0.457 e. The van der Waals surface area contributed by atoms with Gasteiger partial charge in [-0.15, -0.1) is 0 Å². The zero-order chi connectivity index (χ0) is 43.6. The lowest BCUT2D eigenvalue weighted by atomic mass is 9.86. The van der Waals surface area contributed by atoms with Gasteiger partial charge in [-0.05, 0) is 136 Å². The normalized spacial score (nSPS) is 13.0. The molecule has 0 fully saturated rings. The van der Waals surface area contributed by atoms with Crippen molar-refractivity contribution in [2.75, 3.05) is 16.5 Å². The number of aryl methyl sites for hydroxylation is 2. The van der Waals surface area contributed by atoms with E-state index in [0.717, 1.165) is 56.4 Å².